The van der Waals surface area contributed by atoms with Gasteiger partial charge in [-0.25, -0.2) is 14.1 Å². The van der Waals surface area contributed by atoms with Crippen LogP contribution in [0.5, 0.6) is 0 Å². The maximum atomic E-state index is 11.0. The number of carbonyl (C=O) groups excluding carboxylic acids is 2. The van der Waals surface area contributed by atoms with Crippen LogP contribution >= 0.6 is 0 Å². The Morgan fingerprint density at radius 1 is 1.09 bits per heavy atom. The van der Waals surface area contributed by atoms with Crippen LogP contribution in [0.15, 0.2) is 24.3 Å². The number of carboxylic acid groups (broad SMARTS) is 1. The predicted octanol–water partition coefficient (Wildman–Crippen LogP) is 1.99. The Kier molecular flexibility index (Phi) is 10.6. The molecule has 0 aliphatic heterocycles. The number of esters is 2. The molecule has 0 aromatic heterocycles. The van der Waals surface area contributed by atoms with Crippen molar-refractivity contribution in [1.29, 1.82) is 0 Å². The first-order valence-electron chi connectivity index (χ1n) is 6.66. The molecule has 0 aromatic carbocycles. The summed E-state index contributed by atoms with van der Waals surface area (Å²) < 4.78 is 8.94. The summed E-state index contributed by atoms with van der Waals surface area (Å²) in [6.07, 6.45) is -0.927. The van der Waals surface area contributed by atoms with Gasteiger partial charge in [-0.15, -0.1) is 0 Å². The van der Waals surface area contributed by atoms with E-state index in [1.54, 1.807) is 27.8 Å². The molecule has 0 rings (SSSR count). The zero-order valence-electron chi connectivity index (χ0n) is 14.0. The number of ether oxygens (including phenoxy) is 2. The number of hydrogen-bond donors (Lipinski definition) is 1. The monoisotopic (exact) mass is 316 g/mol. The lowest BCUT2D eigenvalue weighted by Gasteiger charge is -2.26. The summed E-state index contributed by atoms with van der Waals surface area (Å²) in [6, 6.07) is 0. The van der Waals surface area contributed by atoms with E-state index >= 15 is 0 Å². The van der Waals surface area contributed by atoms with Crippen molar-refractivity contribution in [3.05, 3.63) is 24.3 Å². The molecule has 0 aliphatic rings. The third-order valence-corrected chi connectivity index (χ3v) is 2.86. The van der Waals surface area contributed by atoms with Crippen LogP contribution in [-0.4, -0.2) is 61.5 Å². The van der Waals surface area contributed by atoms with Crippen LogP contribution < -0.4 is 0 Å². The number of carbonyl (C=O) groups is 3. The van der Waals surface area contributed by atoms with Crippen molar-refractivity contribution < 1.29 is 33.4 Å². The van der Waals surface area contributed by atoms with Gasteiger partial charge in [0.25, 0.3) is 0 Å². The lowest BCUT2D eigenvalue weighted by Crippen LogP contribution is -2.50. The first kappa shape index (κ1) is 22.1. The van der Waals surface area contributed by atoms with Crippen molar-refractivity contribution in [2.45, 2.75) is 20.8 Å². The quantitative estimate of drug-likeness (QED) is 0.458. The lowest BCUT2D eigenvalue weighted by molar-refractivity contribution is -0.835. The molecule has 126 valence electrons. The van der Waals surface area contributed by atoms with E-state index in [2.05, 4.69) is 17.9 Å². The first-order chi connectivity index (χ1) is 10.0. The maximum absolute atomic E-state index is 11.0. The van der Waals surface area contributed by atoms with Crippen molar-refractivity contribution in [3.8, 4) is 0 Å². The van der Waals surface area contributed by atoms with Gasteiger partial charge in [0.1, 0.15) is 13.2 Å². The topological polar surface area (TPSA) is 89.9 Å². The highest BCUT2D eigenvalue weighted by molar-refractivity contribution is 5.87. The summed E-state index contributed by atoms with van der Waals surface area (Å²) in [5, 5.41) is 8.92. The Morgan fingerprint density at radius 3 is 1.77 bits per heavy atom. The minimum atomic E-state index is -0.927. The molecule has 0 saturated carbocycles. The molecule has 1 unspecified atom stereocenters. The van der Waals surface area contributed by atoms with Crippen LogP contribution in [0.25, 0.3) is 0 Å². The molecule has 7 nitrogen and oxygen atoms in total. The van der Waals surface area contributed by atoms with Crippen LogP contribution in [0, 0.1) is 0 Å². The average molecular weight is 316 g/mol. The number of amides is 1. The number of likely N-dealkylation sites (N-methyl/N-ethyl adjacent to an activating group) is 1. The van der Waals surface area contributed by atoms with E-state index in [-0.39, 0.29) is 23.6 Å². The molecule has 1 amide bonds. The second-order valence-corrected chi connectivity index (χ2v) is 4.91. The maximum Gasteiger partial charge on any atom is 0.513 e. The number of quaternary nitrogens is 1. The van der Waals surface area contributed by atoms with E-state index in [0.29, 0.717) is 17.7 Å². The van der Waals surface area contributed by atoms with E-state index < -0.39 is 12.1 Å². The van der Waals surface area contributed by atoms with E-state index in [9.17, 15) is 14.4 Å². The number of methoxy groups -OCH3 is 1. The third kappa shape index (κ3) is 8.91. The Balaban J connectivity index is 0. The zero-order valence-corrected chi connectivity index (χ0v) is 14.0. The molecule has 0 radical (unpaired) electrons. The van der Waals surface area contributed by atoms with E-state index in [1.165, 1.54) is 7.11 Å². The molecule has 7 heteroatoms. The van der Waals surface area contributed by atoms with Gasteiger partial charge in [-0.2, -0.15) is 4.79 Å². The number of hydrogen-bond acceptors (Lipinski definition) is 5. The van der Waals surface area contributed by atoms with Gasteiger partial charge in [0, 0.05) is 11.1 Å². The van der Waals surface area contributed by atoms with Crippen molar-refractivity contribution in [2.75, 3.05) is 33.9 Å². The SMILES string of the molecule is C=C(C)C(=O)OC.C=C(C)C(=O)OCC[N+](C)(CC)C(=O)O. The minimum Gasteiger partial charge on any atom is -0.466 e. The second kappa shape index (κ2) is 10.6. The number of rotatable bonds is 6. The van der Waals surface area contributed by atoms with Crippen molar-refractivity contribution in [2.24, 2.45) is 0 Å². The molecule has 0 aliphatic carbocycles. The fraction of sp³-hybridized carbons (Fsp3) is 0.533. The highest BCUT2D eigenvalue weighted by atomic mass is 16.5. The third-order valence-electron chi connectivity index (χ3n) is 2.86. The van der Waals surface area contributed by atoms with Gasteiger partial charge in [-0.1, -0.05) is 13.2 Å². The van der Waals surface area contributed by atoms with E-state index in [0.717, 1.165) is 0 Å². The molecule has 0 bridgehead atoms. The van der Waals surface area contributed by atoms with Crippen LogP contribution in [0.1, 0.15) is 20.8 Å². The van der Waals surface area contributed by atoms with Crippen molar-refractivity contribution >= 4 is 18.0 Å². The minimum absolute atomic E-state index is 0.0856. The fourth-order valence-electron chi connectivity index (χ4n) is 1.03. The molecule has 0 heterocycles. The van der Waals surface area contributed by atoms with Gasteiger partial charge < -0.3 is 14.6 Å². The lowest BCUT2D eigenvalue weighted by atomic mass is 10.4. The van der Waals surface area contributed by atoms with Gasteiger partial charge >= 0.3 is 18.0 Å². The van der Waals surface area contributed by atoms with Gasteiger partial charge in [-0.3, -0.25) is 0 Å². The summed E-state index contributed by atoms with van der Waals surface area (Å²) in [5.74, 6) is -0.831. The van der Waals surface area contributed by atoms with Crippen LogP contribution in [0.4, 0.5) is 4.79 Å². The largest absolute Gasteiger partial charge is 0.513 e. The summed E-state index contributed by atoms with van der Waals surface area (Å²) >= 11 is 0. The molecule has 0 fully saturated rings. The fourth-order valence-corrected chi connectivity index (χ4v) is 1.03. The molecular weight excluding hydrogens is 290 g/mol. The zero-order chi connectivity index (χ0) is 17.9. The molecule has 0 saturated heterocycles. The van der Waals surface area contributed by atoms with Crippen LogP contribution in [-0.2, 0) is 19.1 Å². The number of nitrogens with zero attached hydrogens (tertiary/aromatic N) is 1. The molecule has 0 spiro atoms. The van der Waals surface area contributed by atoms with Crippen molar-refractivity contribution in [3.63, 3.8) is 0 Å². The summed E-state index contributed by atoms with van der Waals surface area (Å²) in [4.78, 5) is 32.1. The van der Waals surface area contributed by atoms with Gasteiger partial charge in [0.15, 0.2) is 0 Å². The first-order valence-corrected chi connectivity index (χ1v) is 6.66. The van der Waals surface area contributed by atoms with Gasteiger partial charge in [-0.05, 0) is 20.8 Å². The Bertz CT molecular complexity index is 443. The smallest absolute Gasteiger partial charge is 0.466 e. The summed E-state index contributed by atoms with van der Waals surface area (Å²) in [5.41, 5.74) is 0.749. The average Bonchev–Trinajstić information content (AvgIpc) is 2.45. The summed E-state index contributed by atoms with van der Waals surface area (Å²) in [7, 11) is 2.91. The molecule has 1 atom stereocenters. The van der Waals surface area contributed by atoms with E-state index in [1.807, 2.05) is 0 Å². The van der Waals surface area contributed by atoms with E-state index in [4.69, 9.17) is 9.84 Å². The van der Waals surface area contributed by atoms with Crippen LogP contribution in [0.2, 0.25) is 0 Å². The Hall–Kier alpha value is -2.15. The standard InChI is InChI=1S/C10H17NO4.C5H8O2/c1-5-11(4,10(13)14)6-7-15-9(12)8(2)3;1-4(2)5(6)7-3/h2,5-7H2,1,3-4H3;1H2,2-3H3/p+1. The van der Waals surface area contributed by atoms with Crippen LogP contribution in [0.3, 0.4) is 0 Å². The van der Waals surface area contributed by atoms with Gasteiger partial charge in [0.05, 0.1) is 20.7 Å². The Morgan fingerprint density at radius 2 is 1.55 bits per heavy atom. The molecular formula is C15H26NO6+. The van der Waals surface area contributed by atoms with Crippen molar-refractivity contribution in [1.82, 2.24) is 0 Å². The predicted molar refractivity (Wildman–Crippen MR) is 82.2 cm³/mol. The molecule has 0 aromatic rings. The molecule has 1 N–H and O–H groups in total. The highest BCUT2D eigenvalue weighted by Gasteiger charge is 2.29. The molecule has 22 heavy (non-hydrogen) atoms. The van der Waals surface area contributed by atoms with Gasteiger partial charge in [0.2, 0.25) is 0 Å². The Labute approximate surface area is 131 Å². The normalized spacial score (nSPS) is 12.0. The summed E-state index contributed by atoms with van der Waals surface area (Å²) in [6.45, 7) is 12.5. The highest BCUT2D eigenvalue weighted by Crippen LogP contribution is 2.03. The second-order valence-electron chi connectivity index (χ2n) is 4.91.